The van der Waals surface area contributed by atoms with Crippen LogP contribution < -0.4 is 10.5 Å². The van der Waals surface area contributed by atoms with Crippen molar-refractivity contribution in [2.75, 3.05) is 4.90 Å². The lowest BCUT2D eigenvalue weighted by Gasteiger charge is -2.24. The van der Waals surface area contributed by atoms with Crippen molar-refractivity contribution in [2.24, 2.45) is 0 Å². The number of benzene rings is 1. The molecule has 0 atom stereocenters. The normalized spacial score (nSPS) is 13.9. The zero-order valence-electron chi connectivity index (χ0n) is 11.5. The van der Waals surface area contributed by atoms with Crippen molar-refractivity contribution >= 4 is 23.0 Å². The van der Waals surface area contributed by atoms with E-state index in [1.54, 1.807) is 18.2 Å². The smallest absolute Gasteiger partial charge is 0.285 e. The van der Waals surface area contributed by atoms with Gasteiger partial charge in [0, 0.05) is 17.7 Å². The first-order chi connectivity index (χ1) is 10.6. The molecule has 1 aromatic carbocycles. The molecule has 1 fully saturated rings. The Balaban J connectivity index is 1.99. The summed E-state index contributed by atoms with van der Waals surface area (Å²) in [6.45, 7) is 0.312. The molecule has 1 heterocycles. The first-order valence-corrected chi connectivity index (χ1v) is 7.18. The van der Waals surface area contributed by atoms with Gasteiger partial charge in [-0.05, 0) is 12.8 Å². The highest BCUT2D eigenvalue weighted by molar-refractivity contribution is 6.33. The quantitative estimate of drug-likeness (QED) is 0.675. The molecular weight excluding hydrogens is 308 g/mol. The van der Waals surface area contributed by atoms with Crippen molar-refractivity contribution in [3.8, 4) is 0 Å². The summed E-state index contributed by atoms with van der Waals surface area (Å²) >= 11 is 6.07. The zero-order valence-corrected chi connectivity index (χ0v) is 12.3. The third-order valence-corrected chi connectivity index (χ3v) is 3.97. The van der Waals surface area contributed by atoms with Crippen LogP contribution in [0.5, 0.6) is 0 Å². The van der Waals surface area contributed by atoms with E-state index in [0.29, 0.717) is 17.8 Å². The second-order valence-electron chi connectivity index (χ2n) is 5.14. The summed E-state index contributed by atoms with van der Waals surface area (Å²) in [5.41, 5.74) is 0.677. The minimum atomic E-state index is -0.465. The van der Waals surface area contributed by atoms with E-state index in [1.807, 2.05) is 4.90 Å². The summed E-state index contributed by atoms with van der Waals surface area (Å²) in [7, 11) is 0. The van der Waals surface area contributed by atoms with Crippen molar-refractivity contribution < 1.29 is 4.92 Å². The second kappa shape index (κ2) is 5.76. The molecule has 1 saturated carbocycles. The van der Waals surface area contributed by atoms with Gasteiger partial charge in [0.15, 0.2) is 0 Å². The molecule has 1 aromatic heterocycles. The summed E-state index contributed by atoms with van der Waals surface area (Å²) in [5, 5.41) is 17.2. The molecule has 0 aliphatic heterocycles. The lowest BCUT2D eigenvalue weighted by Crippen LogP contribution is -2.28. The number of anilines is 1. The van der Waals surface area contributed by atoms with E-state index in [4.69, 9.17) is 11.6 Å². The van der Waals surface area contributed by atoms with Crippen LogP contribution in [-0.2, 0) is 6.54 Å². The van der Waals surface area contributed by atoms with Crippen LogP contribution in [0.2, 0.25) is 5.02 Å². The molecule has 8 heteroatoms. The predicted molar refractivity (Wildman–Crippen MR) is 82.2 cm³/mol. The third-order valence-electron chi connectivity index (χ3n) is 3.60. The van der Waals surface area contributed by atoms with Crippen LogP contribution in [0.1, 0.15) is 18.4 Å². The van der Waals surface area contributed by atoms with Crippen LogP contribution in [0.4, 0.5) is 11.4 Å². The van der Waals surface area contributed by atoms with Gasteiger partial charge in [-0.2, -0.15) is 5.10 Å². The first-order valence-electron chi connectivity index (χ1n) is 6.80. The Kier molecular flexibility index (Phi) is 3.81. The molecule has 1 aliphatic carbocycles. The van der Waals surface area contributed by atoms with Gasteiger partial charge >= 0.3 is 0 Å². The molecule has 22 heavy (non-hydrogen) atoms. The van der Waals surface area contributed by atoms with Crippen LogP contribution >= 0.6 is 11.6 Å². The molecule has 1 aliphatic rings. The number of para-hydroxylation sites is 1. The van der Waals surface area contributed by atoms with Gasteiger partial charge in [-0.1, -0.05) is 29.8 Å². The molecular formula is C14H13ClN4O3. The maximum atomic E-state index is 11.6. The average molecular weight is 321 g/mol. The van der Waals surface area contributed by atoms with Crippen molar-refractivity contribution in [1.29, 1.82) is 0 Å². The molecule has 0 saturated heterocycles. The fourth-order valence-electron chi connectivity index (χ4n) is 2.38. The van der Waals surface area contributed by atoms with E-state index in [0.717, 1.165) is 12.8 Å². The summed E-state index contributed by atoms with van der Waals surface area (Å²) < 4.78 is 0. The van der Waals surface area contributed by atoms with Gasteiger partial charge in [0.25, 0.3) is 11.2 Å². The minimum absolute atomic E-state index is 0.0560. The number of aromatic nitrogens is 2. The summed E-state index contributed by atoms with van der Waals surface area (Å²) in [6.07, 6.45) is 3.41. The molecule has 7 nitrogen and oxygen atoms in total. The second-order valence-corrected chi connectivity index (χ2v) is 5.52. The van der Waals surface area contributed by atoms with Crippen molar-refractivity contribution in [2.45, 2.75) is 25.4 Å². The number of nitro groups is 1. The molecule has 114 valence electrons. The van der Waals surface area contributed by atoms with Crippen LogP contribution in [-0.4, -0.2) is 21.2 Å². The van der Waals surface area contributed by atoms with Crippen LogP contribution in [0.3, 0.4) is 0 Å². The standard InChI is InChI=1S/C14H13ClN4O3/c15-13-12(7-16-17-14(13)20)18(10-5-6-10)8-9-3-1-2-4-11(9)19(21)22/h1-4,7,10H,5-6,8H2,(H,17,20). The summed E-state index contributed by atoms with van der Waals surface area (Å²) in [6, 6.07) is 6.79. The zero-order chi connectivity index (χ0) is 15.7. The molecule has 0 radical (unpaired) electrons. The maximum absolute atomic E-state index is 11.6. The Bertz CT molecular complexity index is 773. The largest absolute Gasteiger partial charge is 0.361 e. The number of aromatic amines is 1. The predicted octanol–water partition coefficient (Wildman–Crippen LogP) is 2.50. The van der Waals surface area contributed by atoms with E-state index in [2.05, 4.69) is 10.2 Å². The van der Waals surface area contributed by atoms with Gasteiger partial charge in [0.2, 0.25) is 0 Å². The van der Waals surface area contributed by atoms with Crippen LogP contribution in [0, 0.1) is 10.1 Å². The number of H-pyrrole nitrogens is 1. The van der Waals surface area contributed by atoms with E-state index in [9.17, 15) is 14.9 Å². The van der Waals surface area contributed by atoms with Crippen molar-refractivity contribution in [1.82, 2.24) is 10.2 Å². The number of nitrogens with one attached hydrogen (secondary N) is 1. The molecule has 0 spiro atoms. The van der Waals surface area contributed by atoms with Gasteiger partial charge in [-0.3, -0.25) is 14.9 Å². The van der Waals surface area contributed by atoms with E-state index in [1.165, 1.54) is 12.3 Å². The van der Waals surface area contributed by atoms with Gasteiger partial charge in [-0.25, -0.2) is 5.10 Å². The molecule has 0 unspecified atom stereocenters. The van der Waals surface area contributed by atoms with Crippen molar-refractivity contribution in [3.05, 3.63) is 61.5 Å². The van der Waals surface area contributed by atoms with Crippen LogP contribution in [0.15, 0.2) is 35.3 Å². The Morgan fingerprint density at radius 3 is 2.82 bits per heavy atom. The first kappa shape index (κ1) is 14.5. The SMILES string of the molecule is O=c1[nH]ncc(N(Cc2ccccc2[N+](=O)[O-])C2CC2)c1Cl. The maximum Gasteiger partial charge on any atom is 0.285 e. The van der Waals surface area contributed by atoms with E-state index < -0.39 is 10.5 Å². The number of hydrogen-bond acceptors (Lipinski definition) is 5. The highest BCUT2D eigenvalue weighted by Gasteiger charge is 2.32. The molecule has 0 bridgehead atoms. The Morgan fingerprint density at radius 1 is 1.41 bits per heavy atom. The van der Waals surface area contributed by atoms with Gasteiger partial charge in [0.05, 0.1) is 23.4 Å². The number of hydrogen-bond donors (Lipinski definition) is 1. The monoisotopic (exact) mass is 320 g/mol. The average Bonchev–Trinajstić information content (AvgIpc) is 3.33. The lowest BCUT2D eigenvalue weighted by atomic mass is 10.1. The summed E-state index contributed by atoms with van der Waals surface area (Å²) in [4.78, 5) is 24.3. The minimum Gasteiger partial charge on any atom is -0.361 e. The molecule has 0 amide bonds. The summed E-state index contributed by atoms with van der Waals surface area (Å²) in [5.74, 6) is 0. The molecule has 2 aromatic rings. The lowest BCUT2D eigenvalue weighted by molar-refractivity contribution is -0.385. The van der Waals surface area contributed by atoms with Gasteiger partial charge in [-0.15, -0.1) is 0 Å². The van der Waals surface area contributed by atoms with E-state index >= 15 is 0 Å². The van der Waals surface area contributed by atoms with Crippen LogP contribution in [0.25, 0.3) is 0 Å². The highest BCUT2D eigenvalue weighted by Crippen LogP contribution is 2.36. The van der Waals surface area contributed by atoms with E-state index in [-0.39, 0.29) is 16.8 Å². The van der Waals surface area contributed by atoms with Gasteiger partial charge in [0.1, 0.15) is 5.02 Å². The Morgan fingerprint density at radius 2 is 2.14 bits per heavy atom. The topological polar surface area (TPSA) is 92.1 Å². The Hall–Kier alpha value is -2.41. The van der Waals surface area contributed by atoms with Gasteiger partial charge < -0.3 is 4.90 Å². The number of halogens is 1. The number of rotatable bonds is 5. The van der Waals surface area contributed by atoms with Crippen molar-refractivity contribution in [3.63, 3.8) is 0 Å². The fraction of sp³-hybridized carbons (Fsp3) is 0.286. The number of nitro benzene ring substituents is 1. The Labute approximate surface area is 130 Å². The number of nitrogens with zero attached hydrogens (tertiary/aromatic N) is 3. The third kappa shape index (κ3) is 2.80. The molecule has 1 N–H and O–H groups in total. The fourth-order valence-corrected chi connectivity index (χ4v) is 2.58. The highest BCUT2D eigenvalue weighted by atomic mass is 35.5. The molecule has 3 rings (SSSR count).